The van der Waals surface area contributed by atoms with E-state index in [-0.39, 0.29) is 23.9 Å². The Kier molecular flexibility index (Phi) is 7.38. The maximum atomic E-state index is 13.7. The van der Waals surface area contributed by atoms with Crippen LogP contribution >= 0.6 is 0 Å². The predicted molar refractivity (Wildman–Crippen MR) is 141 cm³/mol. The first kappa shape index (κ1) is 25.0. The number of para-hydroxylation sites is 2. The average Bonchev–Trinajstić information content (AvgIpc) is 2.88. The Morgan fingerprint density at radius 2 is 1.64 bits per heavy atom. The number of hydrogen-bond acceptors (Lipinski definition) is 4. The molecule has 1 heterocycles. The molecule has 0 spiro atoms. The van der Waals surface area contributed by atoms with Crippen molar-refractivity contribution in [1.29, 1.82) is 0 Å². The van der Waals surface area contributed by atoms with E-state index in [1.54, 1.807) is 38.1 Å². The number of hydrogen-bond donors (Lipinski definition) is 2. The van der Waals surface area contributed by atoms with E-state index in [4.69, 9.17) is 5.11 Å². The minimum absolute atomic E-state index is 0.0479. The molecule has 0 bridgehead atoms. The van der Waals surface area contributed by atoms with Gasteiger partial charge >= 0.3 is 5.97 Å². The van der Waals surface area contributed by atoms with Crippen molar-refractivity contribution in [2.75, 3.05) is 21.7 Å². The van der Waals surface area contributed by atoms with Gasteiger partial charge in [0.2, 0.25) is 5.91 Å². The Hall–Kier alpha value is -4.13. The summed E-state index contributed by atoms with van der Waals surface area (Å²) in [5, 5.41) is 12.2. The molecule has 3 aromatic rings. The summed E-state index contributed by atoms with van der Waals surface area (Å²) in [5.41, 5.74) is 3.86. The summed E-state index contributed by atoms with van der Waals surface area (Å²) in [6.07, 6.45) is 0.601. The lowest BCUT2D eigenvalue weighted by Crippen LogP contribution is -2.47. The summed E-state index contributed by atoms with van der Waals surface area (Å²) in [6, 6.07) is 24.1. The zero-order chi connectivity index (χ0) is 25.8. The van der Waals surface area contributed by atoms with Crippen LogP contribution in [0.2, 0.25) is 0 Å². The second-order valence-electron chi connectivity index (χ2n) is 9.26. The molecule has 1 aliphatic heterocycles. The third-order valence-electron chi connectivity index (χ3n) is 6.63. The first-order valence-electron chi connectivity index (χ1n) is 12.1. The number of aliphatic carboxylic acids is 1. The Bertz CT molecular complexity index is 1240. The first-order chi connectivity index (χ1) is 17.3. The number of anilines is 3. The molecular formula is C29H31N3O4. The predicted octanol–water partition coefficient (Wildman–Crippen LogP) is 5.35. The molecule has 4 rings (SSSR count). The number of nitrogens with zero attached hydrogens (tertiary/aromatic N) is 2. The fraction of sp³-hybridized carbons (Fsp3) is 0.276. The van der Waals surface area contributed by atoms with Crippen molar-refractivity contribution >= 4 is 34.8 Å². The Labute approximate surface area is 211 Å². The minimum Gasteiger partial charge on any atom is -0.481 e. The van der Waals surface area contributed by atoms with Gasteiger partial charge in [0.05, 0.1) is 12.0 Å². The number of carbonyl (C=O) groups is 3. The SMILES string of the molecule is CC(=O)N(c1ccccc1)C1CC(C)N(C(=O)c2ccc(NCC(C)C(=O)O)cc2)c2ccccc21. The highest BCUT2D eigenvalue weighted by atomic mass is 16.4. The number of amides is 2. The van der Waals surface area contributed by atoms with Crippen LogP contribution in [0.4, 0.5) is 17.1 Å². The van der Waals surface area contributed by atoms with Crippen LogP contribution in [0.15, 0.2) is 78.9 Å². The summed E-state index contributed by atoms with van der Waals surface area (Å²) in [6.45, 7) is 5.52. The number of carboxylic acids is 1. The zero-order valence-electron chi connectivity index (χ0n) is 20.7. The van der Waals surface area contributed by atoms with Crippen molar-refractivity contribution in [3.05, 3.63) is 90.0 Å². The van der Waals surface area contributed by atoms with Crippen LogP contribution in [-0.4, -0.2) is 35.5 Å². The van der Waals surface area contributed by atoms with Crippen LogP contribution in [0.1, 0.15) is 49.2 Å². The number of carboxylic acid groups (broad SMARTS) is 1. The van der Waals surface area contributed by atoms with Gasteiger partial charge in [-0.1, -0.05) is 43.3 Å². The molecule has 7 nitrogen and oxygen atoms in total. The van der Waals surface area contributed by atoms with Gasteiger partial charge in [-0.15, -0.1) is 0 Å². The maximum absolute atomic E-state index is 13.7. The number of carbonyl (C=O) groups excluding carboxylic acids is 2. The van der Waals surface area contributed by atoms with Crippen LogP contribution in [0.5, 0.6) is 0 Å². The molecule has 0 fully saturated rings. The van der Waals surface area contributed by atoms with Crippen LogP contribution in [0, 0.1) is 5.92 Å². The second kappa shape index (κ2) is 10.6. The number of fused-ring (bicyclic) bond motifs is 1. The Morgan fingerprint density at radius 1 is 1.00 bits per heavy atom. The van der Waals surface area contributed by atoms with Crippen LogP contribution in [-0.2, 0) is 9.59 Å². The largest absolute Gasteiger partial charge is 0.481 e. The highest BCUT2D eigenvalue weighted by molar-refractivity contribution is 6.07. The van der Waals surface area contributed by atoms with E-state index in [0.717, 1.165) is 22.6 Å². The molecule has 2 amide bonds. The molecule has 7 heteroatoms. The molecule has 0 aliphatic carbocycles. The van der Waals surface area contributed by atoms with Crippen molar-refractivity contribution in [3.8, 4) is 0 Å². The quantitative estimate of drug-likeness (QED) is 0.471. The molecule has 3 aromatic carbocycles. The standard InChI is InChI=1S/C29H31N3O4/c1-19(29(35)36)18-30-23-15-13-22(14-16-23)28(34)31-20(2)17-27(25-11-7-8-12-26(25)31)32(21(3)33)24-9-5-4-6-10-24/h4-16,19-20,27,30H,17-18H2,1-3H3,(H,35,36). The fourth-order valence-electron chi connectivity index (χ4n) is 4.73. The topological polar surface area (TPSA) is 90.0 Å². The summed E-state index contributed by atoms with van der Waals surface area (Å²) in [7, 11) is 0. The van der Waals surface area contributed by atoms with E-state index in [1.165, 1.54) is 0 Å². The van der Waals surface area contributed by atoms with Gasteiger partial charge in [-0.05, 0) is 61.4 Å². The summed E-state index contributed by atoms with van der Waals surface area (Å²) < 4.78 is 0. The Balaban J connectivity index is 1.61. The number of benzene rings is 3. The monoisotopic (exact) mass is 485 g/mol. The van der Waals surface area contributed by atoms with Gasteiger partial charge in [0.1, 0.15) is 0 Å². The molecule has 0 saturated carbocycles. The second-order valence-corrected chi connectivity index (χ2v) is 9.26. The van der Waals surface area contributed by atoms with Gasteiger partial charge < -0.3 is 20.2 Å². The smallest absolute Gasteiger partial charge is 0.308 e. The van der Waals surface area contributed by atoms with E-state index in [1.807, 2.05) is 71.3 Å². The summed E-state index contributed by atoms with van der Waals surface area (Å²) in [5.74, 6) is -1.54. The lowest BCUT2D eigenvalue weighted by atomic mass is 9.89. The molecule has 0 saturated heterocycles. The van der Waals surface area contributed by atoms with Gasteiger partial charge in [-0.25, -0.2) is 0 Å². The molecule has 0 radical (unpaired) electrons. The molecule has 3 atom stereocenters. The van der Waals surface area contributed by atoms with E-state index < -0.39 is 11.9 Å². The molecule has 2 N–H and O–H groups in total. The van der Waals surface area contributed by atoms with Crippen molar-refractivity contribution in [3.63, 3.8) is 0 Å². The maximum Gasteiger partial charge on any atom is 0.308 e. The molecule has 186 valence electrons. The molecule has 3 unspecified atom stereocenters. The van der Waals surface area contributed by atoms with Gasteiger partial charge in [-0.2, -0.15) is 0 Å². The molecular weight excluding hydrogens is 454 g/mol. The van der Waals surface area contributed by atoms with Gasteiger partial charge in [0, 0.05) is 42.1 Å². The third-order valence-corrected chi connectivity index (χ3v) is 6.63. The Morgan fingerprint density at radius 3 is 2.28 bits per heavy atom. The average molecular weight is 486 g/mol. The molecule has 36 heavy (non-hydrogen) atoms. The van der Waals surface area contributed by atoms with Crippen LogP contribution < -0.4 is 15.1 Å². The summed E-state index contributed by atoms with van der Waals surface area (Å²) >= 11 is 0. The minimum atomic E-state index is -0.860. The zero-order valence-corrected chi connectivity index (χ0v) is 20.7. The van der Waals surface area contributed by atoms with Crippen LogP contribution in [0.25, 0.3) is 0 Å². The summed E-state index contributed by atoms with van der Waals surface area (Å²) in [4.78, 5) is 41.1. The van der Waals surface area contributed by atoms with E-state index in [2.05, 4.69) is 5.32 Å². The van der Waals surface area contributed by atoms with E-state index >= 15 is 0 Å². The normalized spacial score (nSPS) is 17.6. The van der Waals surface area contributed by atoms with E-state index in [9.17, 15) is 14.4 Å². The van der Waals surface area contributed by atoms with Gasteiger partial charge in [0.15, 0.2) is 0 Å². The first-order valence-corrected chi connectivity index (χ1v) is 12.1. The van der Waals surface area contributed by atoms with Gasteiger partial charge in [-0.3, -0.25) is 14.4 Å². The highest BCUT2D eigenvalue weighted by Crippen LogP contribution is 2.42. The van der Waals surface area contributed by atoms with Crippen LogP contribution in [0.3, 0.4) is 0 Å². The molecule has 1 aliphatic rings. The lowest BCUT2D eigenvalue weighted by molar-refractivity contribution is -0.140. The molecule has 0 aromatic heterocycles. The number of nitrogens with one attached hydrogen (secondary N) is 1. The highest BCUT2D eigenvalue weighted by Gasteiger charge is 2.38. The van der Waals surface area contributed by atoms with Crippen molar-refractivity contribution < 1.29 is 19.5 Å². The lowest BCUT2D eigenvalue weighted by Gasteiger charge is -2.43. The van der Waals surface area contributed by atoms with Gasteiger partial charge in [0.25, 0.3) is 5.91 Å². The fourth-order valence-corrected chi connectivity index (χ4v) is 4.73. The van der Waals surface area contributed by atoms with E-state index in [0.29, 0.717) is 18.5 Å². The third kappa shape index (κ3) is 5.10. The van der Waals surface area contributed by atoms with Crippen molar-refractivity contribution in [2.45, 2.75) is 39.3 Å². The number of rotatable bonds is 7. The van der Waals surface area contributed by atoms with Crippen molar-refractivity contribution in [2.24, 2.45) is 5.92 Å². The van der Waals surface area contributed by atoms with Crippen molar-refractivity contribution in [1.82, 2.24) is 0 Å².